The van der Waals surface area contributed by atoms with Crippen molar-refractivity contribution in [2.45, 2.75) is 88.5 Å². The second-order valence-corrected chi connectivity index (χ2v) is 12.0. The Bertz CT molecular complexity index is 891. The fraction of sp³-hybridized carbons (Fsp3) is 0.436. The van der Waals surface area contributed by atoms with Crippen LogP contribution in [0.25, 0.3) is 0 Å². The van der Waals surface area contributed by atoms with Crippen molar-refractivity contribution in [1.82, 2.24) is 9.97 Å². The van der Waals surface area contributed by atoms with E-state index < -0.39 is 0 Å². The Balaban J connectivity index is 0.000000516. The van der Waals surface area contributed by atoms with Gasteiger partial charge >= 0.3 is 0 Å². The normalized spacial score (nSPS) is 10.0. The number of rotatable bonds is 8. The molecule has 0 amide bonds. The summed E-state index contributed by atoms with van der Waals surface area (Å²) in [7, 11) is 0. The van der Waals surface area contributed by atoms with E-state index in [0.717, 1.165) is 30.6 Å². The lowest BCUT2D eigenvalue weighted by molar-refractivity contribution is 0.635. The molecule has 0 aliphatic carbocycles. The van der Waals surface area contributed by atoms with Gasteiger partial charge in [0.25, 0.3) is 0 Å². The topological polar surface area (TPSA) is 25.8 Å². The van der Waals surface area contributed by atoms with Crippen LogP contribution >= 0.6 is 0 Å². The maximum atomic E-state index is 4.22. The molecule has 0 spiro atoms. The summed E-state index contributed by atoms with van der Waals surface area (Å²) in [6, 6.07) is 31.4. The molecule has 0 bridgehead atoms. The third-order valence-electron chi connectivity index (χ3n) is 5.68. The van der Waals surface area contributed by atoms with Crippen LogP contribution in [0.15, 0.2) is 110 Å². The zero-order chi connectivity index (χ0) is 29.6. The van der Waals surface area contributed by atoms with Crippen LogP contribution in [0.1, 0.15) is 85.2 Å². The van der Waals surface area contributed by atoms with Gasteiger partial charge < -0.3 is 0 Å². The van der Waals surface area contributed by atoms with E-state index in [4.69, 9.17) is 0 Å². The van der Waals surface area contributed by atoms with E-state index in [1.807, 2.05) is 36.8 Å². The summed E-state index contributed by atoms with van der Waals surface area (Å²) in [5, 5.41) is 0. The van der Waals surface area contributed by atoms with Crippen LogP contribution in [0.3, 0.4) is 0 Å². The summed E-state index contributed by atoms with van der Waals surface area (Å²) in [6.07, 6.45) is 10.2. The van der Waals surface area contributed by atoms with Crippen molar-refractivity contribution in [2.24, 2.45) is 23.7 Å². The van der Waals surface area contributed by atoms with Crippen molar-refractivity contribution in [3.05, 3.63) is 132 Å². The largest absolute Gasteiger partial charge is 0.264 e. The molecule has 2 nitrogen and oxygen atoms in total. The lowest BCUT2D eigenvalue weighted by atomic mass is 10.0. The molecule has 2 heteroatoms. The van der Waals surface area contributed by atoms with Crippen molar-refractivity contribution < 1.29 is 0 Å². The molecule has 4 aromatic rings. The molecule has 0 N–H and O–H groups in total. The first kappa shape index (κ1) is 37.7. The lowest BCUT2D eigenvalue weighted by Gasteiger charge is -2.02. The lowest BCUT2D eigenvalue weighted by Crippen LogP contribution is -1.95. The maximum Gasteiger partial charge on any atom is 0.0406 e. The van der Waals surface area contributed by atoms with Crippen LogP contribution in [0, 0.1) is 23.7 Å². The van der Waals surface area contributed by atoms with Crippen LogP contribution in [-0.4, -0.2) is 9.97 Å². The fourth-order valence-electron chi connectivity index (χ4n) is 4.10. The van der Waals surface area contributed by atoms with E-state index in [9.17, 15) is 0 Å². The smallest absolute Gasteiger partial charge is 0.0406 e. The van der Waals surface area contributed by atoms with Gasteiger partial charge in [-0.15, -0.1) is 0 Å². The Morgan fingerprint density at radius 1 is 0.439 bits per heavy atom. The molecule has 0 unspecified atom stereocenters. The van der Waals surface area contributed by atoms with Gasteiger partial charge in [-0.05, 0) is 84.2 Å². The van der Waals surface area contributed by atoms with Crippen molar-refractivity contribution >= 4 is 0 Å². The summed E-state index contributed by atoms with van der Waals surface area (Å²) >= 11 is 0. The summed E-state index contributed by atoms with van der Waals surface area (Å²) in [5.41, 5.74) is 5.41. The van der Waals surface area contributed by atoms with Gasteiger partial charge in [-0.3, -0.25) is 9.97 Å². The van der Waals surface area contributed by atoms with Gasteiger partial charge in [-0.1, -0.05) is 136 Å². The number of aromatic nitrogens is 2. The second-order valence-electron chi connectivity index (χ2n) is 12.0. The van der Waals surface area contributed by atoms with Crippen molar-refractivity contribution in [3.8, 4) is 0 Å². The third-order valence-corrected chi connectivity index (χ3v) is 5.68. The Kier molecular flexibility index (Phi) is 21.6. The molecule has 0 atom stereocenters. The van der Waals surface area contributed by atoms with Crippen molar-refractivity contribution in [1.29, 1.82) is 0 Å². The summed E-state index contributed by atoms with van der Waals surface area (Å²) in [6.45, 7) is 17.8. The van der Waals surface area contributed by atoms with Gasteiger partial charge in [0, 0.05) is 24.3 Å². The number of benzene rings is 2. The van der Waals surface area contributed by atoms with Gasteiger partial charge in [0.1, 0.15) is 0 Å². The van der Waals surface area contributed by atoms with E-state index in [-0.39, 0.29) is 7.43 Å². The first-order chi connectivity index (χ1) is 19.2. The van der Waals surface area contributed by atoms with Crippen molar-refractivity contribution in [2.75, 3.05) is 0 Å². The first-order valence-corrected chi connectivity index (χ1v) is 15.0. The highest BCUT2D eigenvalue weighted by atomic mass is 14.7. The van der Waals surface area contributed by atoms with Crippen LogP contribution in [0.5, 0.6) is 0 Å². The summed E-state index contributed by atoms with van der Waals surface area (Å²) < 4.78 is 0. The van der Waals surface area contributed by atoms with Crippen LogP contribution < -0.4 is 0 Å². The van der Waals surface area contributed by atoms with Crippen molar-refractivity contribution in [3.63, 3.8) is 0 Å². The average molecular weight is 555 g/mol. The molecule has 0 saturated heterocycles. The number of nitrogens with zero attached hydrogens (tertiary/aromatic N) is 2. The van der Waals surface area contributed by atoms with E-state index in [2.05, 4.69) is 138 Å². The molecule has 2 heterocycles. The molecule has 0 aliphatic rings. The second kappa shape index (κ2) is 23.4. The molecule has 4 rings (SSSR count). The highest BCUT2D eigenvalue weighted by Gasteiger charge is 1.97. The fourth-order valence-corrected chi connectivity index (χ4v) is 4.10. The van der Waals surface area contributed by atoms with E-state index in [0.29, 0.717) is 5.92 Å². The zero-order valence-corrected chi connectivity index (χ0v) is 26.4. The number of hydrogen-bond donors (Lipinski definition) is 0. The minimum atomic E-state index is 0. The SMILES string of the molecule is C.CC(C)Cc1ccccc1.CC(C)Cc1ccccc1.CC(C)Cc1ccccn1.CC(C)Cc1cccnc1. The number of hydrogen-bond acceptors (Lipinski definition) is 2. The van der Waals surface area contributed by atoms with E-state index >= 15 is 0 Å². The van der Waals surface area contributed by atoms with Gasteiger partial charge in [-0.2, -0.15) is 0 Å². The van der Waals surface area contributed by atoms with Gasteiger partial charge in [-0.25, -0.2) is 0 Å². The Labute approximate surface area is 253 Å². The predicted octanol–water partition coefficient (Wildman–Crippen LogP) is 11.0. The van der Waals surface area contributed by atoms with Gasteiger partial charge in [0.2, 0.25) is 0 Å². The molecule has 2 aromatic heterocycles. The first-order valence-electron chi connectivity index (χ1n) is 15.0. The Morgan fingerprint density at radius 2 is 0.854 bits per heavy atom. The molecule has 2 aromatic carbocycles. The third kappa shape index (κ3) is 22.2. The molecular weight excluding hydrogens is 496 g/mol. The molecular formula is C39H58N2. The molecule has 0 aliphatic heterocycles. The zero-order valence-electron chi connectivity index (χ0n) is 26.4. The minimum absolute atomic E-state index is 0. The molecule has 0 fully saturated rings. The summed E-state index contributed by atoms with van der Waals surface area (Å²) in [5.74, 6) is 2.96. The quantitative estimate of drug-likeness (QED) is 0.216. The standard InChI is InChI=1S/2C10H14.2C9H13N.CH4/c2*1-9(2)8-10-6-4-3-5-7-10;1-8(2)6-9-4-3-5-10-7-9;1-8(2)7-9-5-3-4-6-10-9;/h2*3-7,9H,8H2,1-2H3;3-5,7-8H,6H2,1-2H3;3-6,8H,7H2,1-2H3;1H4. The molecule has 41 heavy (non-hydrogen) atoms. The molecule has 0 radical (unpaired) electrons. The maximum absolute atomic E-state index is 4.22. The van der Waals surface area contributed by atoms with Gasteiger partial charge in [0.05, 0.1) is 0 Å². The predicted molar refractivity (Wildman–Crippen MR) is 182 cm³/mol. The van der Waals surface area contributed by atoms with Crippen LogP contribution in [-0.2, 0) is 25.7 Å². The monoisotopic (exact) mass is 554 g/mol. The molecule has 0 saturated carbocycles. The highest BCUT2D eigenvalue weighted by molar-refractivity contribution is 5.15. The van der Waals surface area contributed by atoms with Gasteiger partial charge in [0.15, 0.2) is 0 Å². The number of pyridine rings is 2. The van der Waals surface area contributed by atoms with Crippen LogP contribution in [0.4, 0.5) is 0 Å². The molecule has 224 valence electrons. The van der Waals surface area contributed by atoms with E-state index in [1.165, 1.54) is 35.2 Å². The minimum Gasteiger partial charge on any atom is -0.264 e. The highest BCUT2D eigenvalue weighted by Crippen LogP contribution is 2.07. The average Bonchev–Trinajstić information content (AvgIpc) is 2.91. The Hall–Kier alpha value is -3.26. The van der Waals surface area contributed by atoms with E-state index in [1.54, 1.807) is 0 Å². The summed E-state index contributed by atoms with van der Waals surface area (Å²) in [4.78, 5) is 8.26. The van der Waals surface area contributed by atoms with Crippen LogP contribution in [0.2, 0.25) is 0 Å². The Morgan fingerprint density at radius 3 is 1.22 bits per heavy atom.